The number of carbonyl (C=O) groups is 1. The maximum Gasteiger partial charge on any atom is 0.307 e. The van der Waals surface area contributed by atoms with Gasteiger partial charge in [-0.1, -0.05) is 0 Å². The molecule has 1 fully saturated rings. The number of aromatic nitrogens is 1. The van der Waals surface area contributed by atoms with Crippen molar-refractivity contribution >= 4 is 32.6 Å². The SMILES string of the molecule is Cc1csc(N2CC(S(=O)(=O)F)CC2=O)n1. The van der Waals surface area contributed by atoms with Crippen LogP contribution in [0.5, 0.6) is 0 Å². The molecule has 0 spiro atoms. The second-order valence-electron chi connectivity index (χ2n) is 3.58. The molecule has 1 aliphatic heterocycles. The van der Waals surface area contributed by atoms with Gasteiger partial charge in [0, 0.05) is 18.3 Å². The van der Waals surface area contributed by atoms with E-state index in [9.17, 15) is 17.1 Å². The minimum atomic E-state index is -4.66. The lowest BCUT2D eigenvalue weighted by Crippen LogP contribution is -2.26. The highest BCUT2D eigenvalue weighted by Crippen LogP contribution is 2.28. The van der Waals surface area contributed by atoms with Gasteiger partial charge in [-0.15, -0.1) is 15.2 Å². The van der Waals surface area contributed by atoms with E-state index in [1.54, 1.807) is 12.3 Å². The first-order chi connectivity index (χ1) is 7.38. The first-order valence-electron chi connectivity index (χ1n) is 4.54. The van der Waals surface area contributed by atoms with Gasteiger partial charge in [0.25, 0.3) is 0 Å². The largest absolute Gasteiger partial charge is 0.307 e. The number of rotatable bonds is 2. The molecular weight excluding hydrogens is 255 g/mol. The van der Waals surface area contributed by atoms with Gasteiger partial charge in [0.05, 0.1) is 5.69 Å². The second-order valence-corrected chi connectivity index (χ2v) is 6.03. The quantitative estimate of drug-likeness (QED) is 0.743. The molecule has 1 amide bonds. The molecule has 0 aromatic carbocycles. The van der Waals surface area contributed by atoms with Crippen LogP contribution < -0.4 is 4.90 Å². The normalized spacial score (nSPS) is 21.8. The average molecular weight is 264 g/mol. The van der Waals surface area contributed by atoms with E-state index in [4.69, 9.17) is 0 Å². The first-order valence-corrected chi connectivity index (χ1v) is 6.86. The Morgan fingerprint density at radius 2 is 2.31 bits per heavy atom. The Labute approximate surface area is 96.1 Å². The number of amides is 1. The summed E-state index contributed by atoms with van der Waals surface area (Å²) in [6.45, 7) is 1.62. The van der Waals surface area contributed by atoms with Crippen molar-refractivity contribution in [2.24, 2.45) is 0 Å². The third-order valence-corrected chi connectivity index (χ3v) is 4.42. The molecule has 1 saturated heterocycles. The van der Waals surface area contributed by atoms with Crippen LogP contribution in [0.15, 0.2) is 5.38 Å². The summed E-state index contributed by atoms with van der Waals surface area (Å²) in [6.07, 6.45) is -0.308. The number of nitrogens with zero attached hydrogens (tertiary/aromatic N) is 2. The zero-order chi connectivity index (χ0) is 11.9. The molecule has 1 aromatic heterocycles. The van der Waals surface area contributed by atoms with Crippen LogP contribution in [0.2, 0.25) is 0 Å². The van der Waals surface area contributed by atoms with Crippen molar-refractivity contribution < 1.29 is 17.1 Å². The Hall–Kier alpha value is -1.02. The number of thiazole rings is 1. The fraction of sp³-hybridized carbons (Fsp3) is 0.500. The number of anilines is 1. The monoisotopic (exact) mass is 264 g/mol. The molecule has 1 atom stereocenters. The molecule has 0 N–H and O–H groups in total. The maximum atomic E-state index is 12.7. The molecule has 1 unspecified atom stereocenters. The Kier molecular flexibility index (Phi) is 2.70. The number of hydrogen-bond acceptors (Lipinski definition) is 5. The molecule has 2 rings (SSSR count). The fourth-order valence-corrected chi connectivity index (χ4v) is 3.01. The lowest BCUT2D eigenvalue weighted by atomic mass is 10.4. The third-order valence-electron chi connectivity index (χ3n) is 2.33. The minimum Gasteiger partial charge on any atom is -0.287 e. The predicted octanol–water partition coefficient (Wildman–Crippen LogP) is 0.856. The Bertz CT molecular complexity index is 525. The van der Waals surface area contributed by atoms with E-state index in [1.165, 1.54) is 16.2 Å². The standard InChI is InChI=1S/C8H9FN2O3S2/c1-5-4-15-8(10-5)11-3-6(2-7(11)12)16(9,13)14/h4,6H,2-3H2,1H3. The van der Waals surface area contributed by atoms with E-state index < -0.39 is 21.4 Å². The molecular formula is C8H9FN2O3S2. The van der Waals surface area contributed by atoms with E-state index in [-0.39, 0.29) is 13.0 Å². The maximum absolute atomic E-state index is 12.7. The lowest BCUT2D eigenvalue weighted by Gasteiger charge is -2.11. The molecule has 5 nitrogen and oxygen atoms in total. The van der Waals surface area contributed by atoms with Crippen molar-refractivity contribution in [3.05, 3.63) is 11.1 Å². The topological polar surface area (TPSA) is 67.3 Å². The molecule has 1 aromatic rings. The van der Waals surface area contributed by atoms with Gasteiger partial charge in [-0.05, 0) is 6.92 Å². The molecule has 0 saturated carbocycles. The van der Waals surface area contributed by atoms with E-state index in [1.807, 2.05) is 0 Å². The molecule has 2 heterocycles. The molecule has 0 radical (unpaired) electrons. The highest BCUT2D eigenvalue weighted by Gasteiger charge is 2.39. The number of carbonyl (C=O) groups excluding carboxylic acids is 1. The fourth-order valence-electron chi connectivity index (χ4n) is 1.51. The predicted molar refractivity (Wildman–Crippen MR) is 57.6 cm³/mol. The summed E-state index contributed by atoms with van der Waals surface area (Å²) >= 11 is 1.24. The summed E-state index contributed by atoms with van der Waals surface area (Å²) in [4.78, 5) is 16.8. The Balaban J connectivity index is 2.24. The van der Waals surface area contributed by atoms with Crippen LogP contribution in [0.4, 0.5) is 9.02 Å². The highest BCUT2D eigenvalue weighted by molar-refractivity contribution is 7.87. The van der Waals surface area contributed by atoms with Crippen LogP contribution in [0.1, 0.15) is 12.1 Å². The Morgan fingerprint density at radius 3 is 2.75 bits per heavy atom. The van der Waals surface area contributed by atoms with E-state index in [0.717, 1.165) is 5.69 Å². The van der Waals surface area contributed by atoms with Crippen LogP contribution in [-0.2, 0) is 15.0 Å². The zero-order valence-corrected chi connectivity index (χ0v) is 10.0. The number of halogens is 1. The van der Waals surface area contributed by atoms with Gasteiger partial charge in [-0.25, -0.2) is 4.98 Å². The van der Waals surface area contributed by atoms with Gasteiger partial charge in [0.1, 0.15) is 5.25 Å². The van der Waals surface area contributed by atoms with Crippen molar-refractivity contribution in [2.45, 2.75) is 18.6 Å². The molecule has 16 heavy (non-hydrogen) atoms. The van der Waals surface area contributed by atoms with Crippen LogP contribution in [0, 0.1) is 6.92 Å². The van der Waals surface area contributed by atoms with Crippen molar-refractivity contribution in [2.75, 3.05) is 11.4 Å². The molecule has 1 aliphatic rings. The van der Waals surface area contributed by atoms with Gasteiger partial charge in [-0.2, -0.15) is 8.42 Å². The van der Waals surface area contributed by atoms with E-state index in [2.05, 4.69) is 4.98 Å². The summed E-state index contributed by atoms with van der Waals surface area (Å²) in [5.41, 5.74) is 0.749. The van der Waals surface area contributed by atoms with Gasteiger partial charge < -0.3 is 0 Å². The van der Waals surface area contributed by atoms with Gasteiger partial charge in [0.2, 0.25) is 5.91 Å². The lowest BCUT2D eigenvalue weighted by molar-refractivity contribution is -0.117. The van der Waals surface area contributed by atoms with Gasteiger partial charge in [0.15, 0.2) is 5.13 Å². The summed E-state index contributed by atoms with van der Waals surface area (Å²) in [5.74, 6) is -0.402. The van der Waals surface area contributed by atoms with E-state index in [0.29, 0.717) is 5.13 Å². The summed E-state index contributed by atoms with van der Waals surface area (Å²) in [6, 6.07) is 0. The van der Waals surface area contributed by atoms with Crippen LogP contribution in [0.25, 0.3) is 0 Å². The molecule has 0 aliphatic carbocycles. The van der Waals surface area contributed by atoms with Crippen molar-refractivity contribution in [1.82, 2.24) is 4.98 Å². The summed E-state index contributed by atoms with van der Waals surface area (Å²) < 4.78 is 34.1. The van der Waals surface area contributed by atoms with E-state index >= 15 is 0 Å². The van der Waals surface area contributed by atoms with Gasteiger partial charge >= 0.3 is 10.2 Å². The Morgan fingerprint density at radius 1 is 1.62 bits per heavy atom. The van der Waals surface area contributed by atoms with Gasteiger partial charge in [-0.3, -0.25) is 9.69 Å². The smallest absolute Gasteiger partial charge is 0.287 e. The highest BCUT2D eigenvalue weighted by atomic mass is 32.3. The molecule has 0 bridgehead atoms. The second kappa shape index (κ2) is 3.77. The number of hydrogen-bond donors (Lipinski definition) is 0. The zero-order valence-electron chi connectivity index (χ0n) is 8.38. The van der Waals surface area contributed by atoms with Crippen LogP contribution >= 0.6 is 11.3 Å². The van der Waals surface area contributed by atoms with Crippen LogP contribution in [-0.4, -0.2) is 31.1 Å². The third kappa shape index (κ3) is 2.07. The summed E-state index contributed by atoms with van der Waals surface area (Å²) in [5, 5.41) is 0.915. The molecule has 88 valence electrons. The first kappa shape index (κ1) is 11.5. The molecule has 8 heteroatoms. The van der Waals surface area contributed by atoms with Crippen molar-refractivity contribution in [1.29, 1.82) is 0 Å². The van der Waals surface area contributed by atoms with Crippen molar-refractivity contribution in [3.8, 4) is 0 Å². The van der Waals surface area contributed by atoms with Crippen LogP contribution in [0.3, 0.4) is 0 Å². The average Bonchev–Trinajstić information content (AvgIpc) is 2.70. The minimum absolute atomic E-state index is 0.148. The van der Waals surface area contributed by atoms with Crippen molar-refractivity contribution in [3.63, 3.8) is 0 Å². The summed E-state index contributed by atoms with van der Waals surface area (Å²) in [7, 11) is -4.66. The number of aryl methyl sites for hydroxylation is 1.